The van der Waals surface area contributed by atoms with Gasteiger partial charge in [-0.05, 0) is 35.9 Å². The summed E-state index contributed by atoms with van der Waals surface area (Å²) in [6, 6.07) is 10.3. The number of anilines is 1. The fourth-order valence-electron chi connectivity index (χ4n) is 3.88. The lowest BCUT2D eigenvalue weighted by atomic mass is 10.1. The van der Waals surface area contributed by atoms with Gasteiger partial charge in [0.1, 0.15) is 13.2 Å². The molecule has 33 heavy (non-hydrogen) atoms. The SMILES string of the molecule is CN(Cc1ccc2c(c1)OCCO2)C(=O)c1cc(S(=O)(=O)N(C)C)ccc1N1CCOCC1. The molecule has 1 saturated heterocycles. The first kappa shape index (κ1) is 23.3. The van der Waals surface area contributed by atoms with Crippen LogP contribution in [0.5, 0.6) is 11.5 Å². The van der Waals surface area contributed by atoms with Crippen molar-refractivity contribution >= 4 is 21.6 Å². The van der Waals surface area contributed by atoms with Crippen LogP contribution in [-0.4, -0.2) is 84.2 Å². The van der Waals surface area contributed by atoms with Gasteiger partial charge in [0.2, 0.25) is 10.0 Å². The van der Waals surface area contributed by atoms with Crippen molar-refractivity contribution in [3.05, 3.63) is 47.5 Å². The smallest absolute Gasteiger partial charge is 0.256 e. The number of carbonyl (C=O) groups is 1. The van der Waals surface area contributed by atoms with Crippen LogP contribution in [-0.2, 0) is 21.3 Å². The molecule has 1 amide bonds. The van der Waals surface area contributed by atoms with Gasteiger partial charge in [0.25, 0.3) is 5.91 Å². The zero-order chi connectivity index (χ0) is 23.6. The number of fused-ring (bicyclic) bond motifs is 1. The van der Waals surface area contributed by atoms with Crippen LogP contribution in [0.3, 0.4) is 0 Å². The molecule has 0 saturated carbocycles. The summed E-state index contributed by atoms with van der Waals surface area (Å²) in [5.74, 6) is 1.09. The largest absolute Gasteiger partial charge is 0.486 e. The number of morpholine rings is 1. The number of sulfonamides is 1. The van der Waals surface area contributed by atoms with E-state index in [4.69, 9.17) is 14.2 Å². The van der Waals surface area contributed by atoms with E-state index in [1.165, 1.54) is 20.2 Å². The standard InChI is InChI=1S/C23H29N3O6S/c1-24(2)33(28,29)18-5-6-20(26-8-10-30-11-9-26)19(15-18)23(27)25(3)16-17-4-7-21-22(14-17)32-13-12-31-21/h4-7,14-15H,8-13,16H2,1-3H3. The third kappa shape index (κ3) is 4.92. The third-order valence-corrected chi connectivity index (χ3v) is 7.51. The highest BCUT2D eigenvalue weighted by molar-refractivity contribution is 7.89. The highest BCUT2D eigenvalue weighted by Gasteiger charge is 2.26. The first-order valence-corrected chi connectivity index (χ1v) is 12.2. The molecular formula is C23H29N3O6S. The highest BCUT2D eigenvalue weighted by Crippen LogP contribution is 2.32. The van der Waals surface area contributed by atoms with Crippen molar-refractivity contribution in [2.45, 2.75) is 11.4 Å². The second-order valence-electron chi connectivity index (χ2n) is 8.21. The number of hydrogen-bond donors (Lipinski definition) is 0. The van der Waals surface area contributed by atoms with Crippen molar-refractivity contribution in [2.24, 2.45) is 0 Å². The Bertz CT molecular complexity index is 1130. The van der Waals surface area contributed by atoms with Gasteiger partial charge in [-0.2, -0.15) is 0 Å². The van der Waals surface area contributed by atoms with Gasteiger partial charge in [-0.3, -0.25) is 4.79 Å². The molecule has 0 aliphatic carbocycles. The van der Waals surface area contributed by atoms with Gasteiger partial charge in [0.05, 0.1) is 23.7 Å². The topological polar surface area (TPSA) is 88.6 Å². The molecule has 0 unspecified atom stereocenters. The molecule has 2 aromatic rings. The Morgan fingerprint density at radius 1 is 0.939 bits per heavy atom. The lowest BCUT2D eigenvalue weighted by molar-refractivity contribution is 0.0783. The summed E-state index contributed by atoms with van der Waals surface area (Å²) >= 11 is 0. The normalized spacial score (nSPS) is 16.1. The summed E-state index contributed by atoms with van der Waals surface area (Å²) in [6.07, 6.45) is 0. The van der Waals surface area contributed by atoms with Crippen LogP contribution in [0.15, 0.2) is 41.3 Å². The molecule has 0 N–H and O–H groups in total. The van der Waals surface area contributed by atoms with Crippen LogP contribution < -0.4 is 14.4 Å². The quantitative estimate of drug-likeness (QED) is 0.630. The van der Waals surface area contributed by atoms with Crippen molar-refractivity contribution < 1.29 is 27.4 Å². The molecule has 0 bridgehead atoms. The van der Waals surface area contributed by atoms with Crippen LogP contribution >= 0.6 is 0 Å². The summed E-state index contributed by atoms with van der Waals surface area (Å²) in [6.45, 7) is 3.71. The second-order valence-corrected chi connectivity index (χ2v) is 10.4. The first-order valence-electron chi connectivity index (χ1n) is 10.8. The molecule has 4 rings (SSSR count). The Kier molecular flexibility index (Phi) is 6.78. The number of hydrogen-bond acceptors (Lipinski definition) is 7. The van der Waals surface area contributed by atoms with Gasteiger partial charge in [-0.1, -0.05) is 6.07 Å². The van der Waals surface area contributed by atoms with Crippen LogP contribution in [0, 0.1) is 0 Å². The third-order valence-electron chi connectivity index (χ3n) is 5.70. The van der Waals surface area contributed by atoms with E-state index < -0.39 is 10.0 Å². The van der Waals surface area contributed by atoms with E-state index in [2.05, 4.69) is 4.90 Å². The van der Waals surface area contributed by atoms with Crippen LogP contribution in [0.1, 0.15) is 15.9 Å². The number of nitrogens with zero attached hydrogens (tertiary/aromatic N) is 3. The maximum atomic E-state index is 13.6. The number of rotatable bonds is 6. The maximum Gasteiger partial charge on any atom is 0.256 e. The Hall–Kier alpha value is -2.82. The predicted octanol–water partition coefficient (Wildman–Crippen LogP) is 1.82. The molecule has 1 fully saturated rings. The van der Waals surface area contributed by atoms with Crippen molar-refractivity contribution in [1.29, 1.82) is 0 Å². The fraction of sp³-hybridized carbons (Fsp3) is 0.435. The molecule has 10 heteroatoms. The van der Waals surface area contributed by atoms with Crippen LogP contribution in [0.2, 0.25) is 0 Å². The Morgan fingerprint density at radius 3 is 2.33 bits per heavy atom. The summed E-state index contributed by atoms with van der Waals surface area (Å²) in [4.78, 5) is 17.3. The highest BCUT2D eigenvalue weighted by atomic mass is 32.2. The molecule has 9 nitrogen and oxygen atoms in total. The van der Waals surface area contributed by atoms with E-state index in [0.29, 0.717) is 68.8 Å². The lowest BCUT2D eigenvalue weighted by Crippen LogP contribution is -2.38. The Labute approximate surface area is 194 Å². The van der Waals surface area contributed by atoms with Gasteiger partial charge in [0, 0.05) is 46.5 Å². The van der Waals surface area contributed by atoms with Gasteiger partial charge in [0.15, 0.2) is 11.5 Å². The molecular weight excluding hydrogens is 446 g/mol. The molecule has 2 heterocycles. The zero-order valence-corrected chi connectivity index (χ0v) is 19.9. The zero-order valence-electron chi connectivity index (χ0n) is 19.1. The van der Waals surface area contributed by atoms with Crippen molar-refractivity contribution in [3.63, 3.8) is 0 Å². The molecule has 178 valence electrons. The molecule has 0 spiro atoms. The van der Waals surface area contributed by atoms with Gasteiger partial charge in [-0.15, -0.1) is 0 Å². The average Bonchev–Trinajstić information content (AvgIpc) is 2.83. The lowest BCUT2D eigenvalue weighted by Gasteiger charge is -2.31. The summed E-state index contributed by atoms with van der Waals surface area (Å²) < 4.78 is 43.3. The Balaban J connectivity index is 1.65. The van der Waals surface area contributed by atoms with Gasteiger partial charge in [-0.25, -0.2) is 12.7 Å². The summed E-state index contributed by atoms with van der Waals surface area (Å²) in [5, 5.41) is 0. The summed E-state index contributed by atoms with van der Waals surface area (Å²) in [7, 11) is 0.963. The van der Waals surface area contributed by atoms with Crippen LogP contribution in [0.25, 0.3) is 0 Å². The van der Waals surface area contributed by atoms with Crippen LogP contribution in [0.4, 0.5) is 5.69 Å². The van der Waals surface area contributed by atoms with Crippen molar-refractivity contribution in [3.8, 4) is 11.5 Å². The number of carbonyl (C=O) groups excluding carboxylic acids is 1. The first-order chi connectivity index (χ1) is 15.8. The molecule has 2 aliphatic heterocycles. The van der Waals surface area contributed by atoms with Crippen molar-refractivity contribution in [2.75, 3.05) is 65.6 Å². The van der Waals surface area contributed by atoms with Gasteiger partial charge >= 0.3 is 0 Å². The van der Waals surface area contributed by atoms with E-state index in [-0.39, 0.29) is 10.8 Å². The molecule has 2 aliphatic rings. The van der Waals surface area contributed by atoms with E-state index >= 15 is 0 Å². The van der Waals surface area contributed by atoms with Crippen molar-refractivity contribution in [1.82, 2.24) is 9.21 Å². The van der Waals surface area contributed by atoms with Gasteiger partial charge < -0.3 is 24.0 Å². The average molecular weight is 476 g/mol. The molecule has 0 radical (unpaired) electrons. The number of amides is 1. The minimum absolute atomic E-state index is 0.0839. The Morgan fingerprint density at radius 2 is 1.64 bits per heavy atom. The van der Waals surface area contributed by atoms with E-state index in [0.717, 1.165) is 9.87 Å². The van der Waals surface area contributed by atoms with E-state index in [9.17, 15) is 13.2 Å². The summed E-state index contributed by atoms with van der Waals surface area (Å²) in [5.41, 5.74) is 1.94. The monoisotopic (exact) mass is 475 g/mol. The fourth-order valence-corrected chi connectivity index (χ4v) is 4.80. The van der Waals surface area contributed by atoms with E-state index in [1.54, 1.807) is 24.1 Å². The molecule has 2 aromatic carbocycles. The molecule has 0 atom stereocenters. The maximum absolute atomic E-state index is 13.6. The second kappa shape index (κ2) is 9.58. The minimum atomic E-state index is -3.69. The minimum Gasteiger partial charge on any atom is -0.486 e. The van der Waals surface area contributed by atoms with E-state index in [1.807, 2.05) is 18.2 Å². The predicted molar refractivity (Wildman–Crippen MR) is 124 cm³/mol. The number of ether oxygens (including phenoxy) is 3. The number of benzene rings is 2. The molecule has 0 aromatic heterocycles.